The van der Waals surface area contributed by atoms with E-state index >= 15 is 0 Å². The van der Waals surface area contributed by atoms with Crippen LogP contribution in [0.3, 0.4) is 0 Å². The van der Waals surface area contributed by atoms with E-state index in [9.17, 15) is 5.11 Å². The summed E-state index contributed by atoms with van der Waals surface area (Å²) >= 11 is -1.85. The molecule has 68 valence electrons. The second-order valence-corrected chi connectivity index (χ2v) is 16.3. The van der Waals surface area contributed by atoms with Crippen LogP contribution in [0.4, 0.5) is 0 Å². The van der Waals surface area contributed by atoms with E-state index in [1.54, 1.807) is 0 Å². The van der Waals surface area contributed by atoms with Crippen LogP contribution >= 0.6 is 0 Å². The first-order valence-corrected chi connectivity index (χ1v) is 11.9. The molecule has 1 N–H and O–H groups in total. The van der Waals surface area contributed by atoms with E-state index < -0.39 is 13.3 Å². The Morgan fingerprint density at radius 1 is 1.27 bits per heavy atom. The SMILES string of the molecule is CCCC[C](C)(O)[Ge]([CH3])([CH3])[CH3]. The molecule has 0 saturated heterocycles. The van der Waals surface area contributed by atoms with Crippen LogP contribution in [0.15, 0.2) is 0 Å². The standard InChI is InChI=1S/C9H22GeO/c1-6-7-8-9(2,11)10(3,4)5/h11H,6-8H2,1-5H3. The van der Waals surface area contributed by atoms with E-state index in [2.05, 4.69) is 24.2 Å². The van der Waals surface area contributed by atoms with Gasteiger partial charge in [0, 0.05) is 0 Å². The van der Waals surface area contributed by atoms with Gasteiger partial charge in [0.15, 0.2) is 0 Å². The predicted molar refractivity (Wildman–Crippen MR) is 53.5 cm³/mol. The van der Waals surface area contributed by atoms with Gasteiger partial charge in [-0.05, 0) is 0 Å². The van der Waals surface area contributed by atoms with Gasteiger partial charge >= 0.3 is 73.2 Å². The molecular formula is C9H22GeO. The summed E-state index contributed by atoms with van der Waals surface area (Å²) in [4.78, 5) is 0. The third-order valence-electron chi connectivity index (χ3n) is 2.63. The number of hydrogen-bond donors (Lipinski definition) is 1. The van der Waals surface area contributed by atoms with Gasteiger partial charge in [0.2, 0.25) is 0 Å². The van der Waals surface area contributed by atoms with Crippen molar-refractivity contribution in [3.05, 3.63) is 0 Å². The average Bonchev–Trinajstić information content (AvgIpc) is 1.81. The molecule has 0 aromatic carbocycles. The number of hydrogen-bond acceptors (Lipinski definition) is 1. The maximum absolute atomic E-state index is 10.1. The molecular weight excluding hydrogens is 197 g/mol. The summed E-state index contributed by atoms with van der Waals surface area (Å²) < 4.78 is -0.323. The first-order chi connectivity index (χ1) is 4.81. The normalized spacial score (nSPS) is 18.0. The van der Waals surface area contributed by atoms with Gasteiger partial charge < -0.3 is 0 Å². The molecule has 0 aliphatic heterocycles. The van der Waals surface area contributed by atoms with Gasteiger partial charge in [-0.25, -0.2) is 0 Å². The molecule has 0 amide bonds. The molecule has 11 heavy (non-hydrogen) atoms. The summed E-state index contributed by atoms with van der Waals surface area (Å²) in [6.45, 7) is 4.19. The fourth-order valence-electron chi connectivity index (χ4n) is 0.896. The topological polar surface area (TPSA) is 20.2 Å². The van der Waals surface area contributed by atoms with Crippen molar-refractivity contribution in [2.45, 2.75) is 54.8 Å². The Hall–Kier alpha value is 0.503. The van der Waals surface area contributed by atoms with Crippen LogP contribution in [0.1, 0.15) is 33.1 Å². The van der Waals surface area contributed by atoms with Crippen molar-refractivity contribution < 1.29 is 5.11 Å². The molecule has 2 heteroatoms. The molecule has 1 atom stereocenters. The van der Waals surface area contributed by atoms with Crippen molar-refractivity contribution in [3.8, 4) is 0 Å². The molecule has 0 aliphatic rings. The maximum atomic E-state index is 10.1. The predicted octanol–water partition coefficient (Wildman–Crippen LogP) is 2.81. The fraction of sp³-hybridized carbons (Fsp3) is 1.00. The molecule has 0 aromatic heterocycles. The van der Waals surface area contributed by atoms with E-state index in [-0.39, 0.29) is 4.43 Å². The zero-order valence-electron chi connectivity index (χ0n) is 8.57. The van der Waals surface area contributed by atoms with Crippen LogP contribution in [0.5, 0.6) is 0 Å². The average molecular weight is 219 g/mol. The van der Waals surface area contributed by atoms with Gasteiger partial charge in [0.1, 0.15) is 0 Å². The summed E-state index contributed by atoms with van der Waals surface area (Å²) in [5.74, 6) is 6.82. The third kappa shape index (κ3) is 3.61. The Balaban J connectivity index is 4.00. The molecule has 0 spiro atoms. The summed E-state index contributed by atoms with van der Waals surface area (Å²) in [5.41, 5.74) is 0. The van der Waals surface area contributed by atoms with Crippen molar-refractivity contribution in [1.82, 2.24) is 0 Å². The Morgan fingerprint density at radius 3 is 2.00 bits per heavy atom. The summed E-state index contributed by atoms with van der Waals surface area (Å²) in [7, 11) is 0. The van der Waals surface area contributed by atoms with Crippen LogP contribution in [0.25, 0.3) is 0 Å². The number of rotatable bonds is 4. The van der Waals surface area contributed by atoms with Crippen molar-refractivity contribution in [2.24, 2.45) is 0 Å². The molecule has 0 fully saturated rings. The van der Waals surface area contributed by atoms with Crippen molar-refractivity contribution in [2.75, 3.05) is 0 Å². The molecule has 1 nitrogen and oxygen atoms in total. The van der Waals surface area contributed by atoms with Crippen molar-refractivity contribution >= 4 is 13.3 Å². The van der Waals surface area contributed by atoms with Crippen molar-refractivity contribution in [1.29, 1.82) is 0 Å². The van der Waals surface area contributed by atoms with Gasteiger partial charge in [-0.1, -0.05) is 0 Å². The van der Waals surface area contributed by atoms with Crippen LogP contribution < -0.4 is 0 Å². The van der Waals surface area contributed by atoms with E-state index in [1.807, 2.05) is 6.92 Å². The number of unbranched alkanes of at least 4 members (excludes halogenated alkanes) is 1. The van der Waals surface area contributed by atoms with Gasteiger partial charge in [0.05, 0.1) is 0 Å². The Bertz CT molecular complexity index is 113. The summed E-state index contributed by atoms with van der Waals surface area (Å²) in [6.07, 6.45) is 3.34. The fourth-order valence-corrected chi connectivity index (χ4v) is 2.84. The van der Waals surface area contributed by atoms with Crippen LogP contribution in [-0.4, -0.2) is 22.8 Å². The van der Waals surface area contributed by atoms with E-state index in [4.69, 9.17) is 0 Å². The van der Waals surface area contributed by atoms with Crippen LogP contribution in [-0.2, 0) is 0 Å². The quantitative estimate of drug-likeness (QED) is 0.720. The van der Waals surface area contributed by atoms with Gasteiger partial charge in [0.25, 0.3) is 0 Å². The molecule has 0 aliphatic carbocycles. The van der Waals surface area contributed by atoms with Crippen molar-refractivity contribution in [3.63, 3.8) is 0 Å². The van der Waals surface area contributed by atoms with E-state index in [1.165, 1.54) is 6.42 Å². The second-order valence-electron chi connectivity index (χ2n) is 4.63. The van der Waals surface area contributed by atoms with E-state index in [0.29, 0.717) is 0 Å². The van der Waals surface area contributed by atoms with Crippen LogP contribution in [0.2, 0.25) is 17.3 Å². The molecule has 1 unspecified atom stereocenters. The Kier molecular flexibility index (Phi) is 4.13. The molecule has 0 saturated carbocycles. The van der Waals surface area contributed by atoms with Gasteiger partial charge in [-0.2, -0.15) is 0 Å². The first-order valence-electron chi connectivity index (χ1n) is 4.53. The molecule has 0 bridgehead atoms. The monoisotopic (exact) mass is 220 g/mol. The van der Waals surface area contributed by atoms with E-state index in [0.717, 1.165) is 12.8 Å². The third-order valence-corrected chi connectivity index (χ3v) is 9.94. The second kappa shape index (κ2) is 3.95. The number of aliphatic hydroxyl groups is 1. The Morgan fingerprint density at radius 2 is 1.73 bits per heavy atom. The molecule has 0 radical (unpaired) electrons. The summed E-state index contributed by atoms with van der Waals surface area (Å²) in [6, 6.07) is 0. The first kappa shape index (κ1) is 11.5. The molecule has 0 aromatic rings. The minimum absolute atomic E-state index is 0.323. The zero-order chi connectivity index (χ0) is 9.12. The Labute approximate surface area is 73.6 Å². The van der Waals surface area contributed by atoms with Crippen LogP contribution in [0, 0.1) is 0 Å². The zero-order valence-corrected chi connectivity index (χ0v) is 10.7. The minimum atomic E-state index is -1.85. The van der Waals surface area contributed by atoms with Gasteiger partial charge in [-0.15, -0.1) is 0 Å². The molecule has 0 heterocycles. The van der Waals surface area contributed by atoms with Gasteiger partial charge in [-0.3, -0.25) is 0 Å². The summed E-state index contributed by atoms with van der Waals surface area (Å²) in [5, 5.41) is 10.1. The molecule has 0 rings (SSSR count).